The molecule has 4 aromatic rings. The van der Waals surface area contributed by atoms with Crippen molar-refractivity contribution in [3.8, 4) is 17.3 Å². The highest BCUT2D eigenvalue weighted by Crippen LogP contribution is 2.28. The van der Waals surface area contributed by atoms with E-state index < -0.39 is 0 Å². The van der Waals surface area contributed by atoms with Gasteiger partial charge in [0, 0.05) is 24.4 Å². The number of ether oxygens (including phenoxy) is 1. The predicted octanol–water partition coefficient (Wildman–Crippen LogP) is 2.41. The van der Waals surface area contributed by atoms with Crippen molar-refractivity contribution < 1.29 is 9.15 Å². The summed E-state index contributed by atoms with van der Waals surface area (Å²) in [5.41, 5.74) is 8.83. The van der Waals surface area contributed by atoms with Crippen molar-refractivity contribution in [2.24, 2.45) is 5.73 Å². The molecule has 1 fully saturated rings. The number of rotatable bonds is 3. The minimum Gasteiger partial charge on any atom is -0.473 e. The fourth-order valence-corrected chi connectivity index (χ4v) is 2.96. The first-order valence-electron chi connectivity index (χ1n) is 7.88. The second-order valence-corrected chi connectivity index (χ2v) is 6.05. The van der Waals surface area contributed by atoms with Gasteiger partial charge in [0.1, 0.15) is 17.3 Å². The largest absolute Gasteiger partial charge is 0.473 e. The van der Waals surface area contributed by atoms with Gasteiger partial charge in [-0.05, 0) is 31.0 Å². The molecular formula is C17H15N5O2. The van der Waals surface area contributed by atoms with Crippen LogP contribution in [0.15, 0.2) is 47.1 Å². The van der Waals surface area contributed by atoms with Gasteiger partial charge in [-0.15, -0.1) is 5.10 Å². The fourth-order valence-electron chi connectivity index (χ4n) is 2.96. The lowest BCUT2D eigenvalue weighted by Crippen LogP contribution is -2.43. The number of nitrogens with zero attached hydrogens (tertiary/aromatic N) is 4. The van der Waals surface area contributed by atoms with E-state index in [0.717, 1.165) is 35.3 Å². The summed E-state index contributed by atoms with van der Waals surface area (Å²) in [5.74, 6) is 1.24. The van der Waals surface area contributed by atoms with Crippen LogP contribution >= 0.6 is 0 Å². The Morgan fingerprint density at radius 1 is 1.21 bits per heavy atom. The molecule has 0 amide bonds. The van der Waals surface area contributed by atoms with Crippen LogP contribution in [0, 0.1) is 0 Å². The number of fused-ring (bicyclic) bond motifs is 2. The van der Waals surface area contributed by atoms with Gasteiger partial charge >= 0.3 is 0 Å². The van der Waals surface area contributed by atoms with E-state index in [2.05, 4.69) is 15.1 Å². The Kier molecular flexibility index (Phi) is 2.83. The number of pyridine rings is 1. The number of aromatic nitrogens is 4. The Bertz CT molecular complexity index is 999. The van der Waals surface area contributed by atoms with E-state index in [1.807, 2.05) is 30.3 Å². The molecule has 4 aromatic heterocycles. The number of nitrogens with two attached hydrogens (primary N) is 1. The molecular weight excluding hydrogens is 306 g/mol. The van der Waals surface area contributed by atoms with Gasteiger partial charge in [-0.25, -0.2) is 9.50 Å². The first kappa shape index (κ1) is 13.5. The van der Waals surface area contributed by atoms with E-state index in [-0.39, 0.29) is 12.1 Å². The SMILES string of the molecule is N[C@H]1C[C@H](Oc2ccc3ncc(-c4cc5ncccc5o4)n3n2)C1. The summed E-state index contributed by atoms with van der Waals surface area (Å²) in [6.45, 7) is 0. The average molecular weight is 321 g/mol. The van der Waals surface area contributed by atoms with E-state index in [0.29, 0.717) is 11.6 Å². The molecule has 1 aliphatic carbocycles. The maximum Gasteiger partial charge on any atom is 0.232 e. The molecule has 7 heteroatoms. The quantitative estimate of drug-likeness (QED) is 0.623. The monoisotopic (exact) mass is 321 g/mol. The molecule has 0 aromatic carbocycles. The third-order valence-electron chi connectivity index (χ3n) is 4.30. The highest BCUT2D eigenvalue weighted by atomic mass is 16.5. The Labute approximate surface area is 137 Å². The van der Waals surface area contributed by atoms with Gasteiger partial charge in [-0.3, -0.25) is 4.98 Å². The molecule has 2 N–H and O–H groups in total. The third-order valence-corrected chi connectivity index (χ3v) is 4.30. The molecule has 4 heterocycles. The Hall–Kier alpha value is -2.93. The second kappa shape index (κ2) is 5.04. The average Bonchev–Trinajstić information content (AvgIpc) is 3.16. The third kappa shape index (κ3) is 2.13. The van der Waals surface area contributed by atoms with Gasteiger partial charge in [0.25, 0.3) is 0 Å². The molecule has 0 unspecified atom stereocenters. The zero-order valence-corrected chi connectivity index (χ0v) is 12.8. The van der Waals surface area contributed by atoms with Gasteiger partial charge < -0.3 is 14.9 Å². The number of hydrogen-bond donors (Lipinski definition) is 1. The molecule has 0 aliphatic heterocycles. The van der Waals surface area contributed by atoms with Crippen LogP contribution in [0.2, 0.25) is 0 Å². The second-order valence-electron chi connectivity index (χ2n) is 6.05. The summed E-state index contributed by atoms with van der Waals surface area (Å²) < 4.78 is 13.5. The van der Waals surface area contributed by atoms with E-state index in [4.69, 9.17) is 14.9 Å². The van der Waals surface area contributed by atoms with Crippen molar-refractivity contribution in [2.45, 2.75) is 25.0 Å². The summed E-state index contributed by atoms with van der Waals surface area (Å²) in [5, 5.41) is 4.54. The Morgan fingerprint density at radius 3 is 2.96 bits per heavy atom. The van der Waals surface area contributed by atoms with Crippen molar-refractivity contribution in [2.75, 3.05) is 0 Å². The summed E-state index contributed by atoms with van der Waals surface area (Å²) in [6, 6.07) is 9.57. The number of furan rings is 1. The number of imidazole rings is 1. The first-order chi connectivity index (χ1) is 11.8. The van der Waals surface area contributed by atoms with Crippen LogP contribution < -0.4 is 10.5 Å². The summed E-state index contributed by atoms with van der Waals surface area (Å²) in [6.07, 6.45) is 5.36. The topological polar surface area (TPSA) is 91.5 Å². The van der Waals surface area contributed by atoms with Crippen LogP contribution in [-0.2, 0) is 0 Å². The zero-order chi connectivity index (χ0) is 16.1. The lowest BCUT2D eigenvalue weighted by molar-refractivity contribution is 0.0944. The van der Waals surface area contributed by atoms with Gasteiger partial charge in [-0.1, -0.05) is 0 Å². The maximum atomic E-state index is 5.87. The van der Waals surface area contributed by atoms with Crippen molar-refractivity contribution >= 4 is 16.7 Å². The lowest BCUT2D eigenvalue weighted by Gasteiger charge is -2.31. The molecule has 0 spiro atoms. The van der Waals surface area contributed by atoms with Crippen molar-refractivity contribution in [3.63, 3.8) is 0 Å². The van der Waals surface area contributed by atoms with E-state index in [1.165, 1.54) is 0 Å². The molecule has 7 nitrogen and oxygen atoms in total. The minimum atomic E-state index is 0.146. The van der Waals surface area contributed by atoms with Crippen LogP contribution in [0.25, 0.3) is 28.2 Å². The van der Waals surface area contributed by atoms with Gasteiger partial charge in [0.15, 0.2) is 17.0 Å². The van der Waals surface area contributed by atoms with Gasteiger partial charge in [0.05, 0.1) is 6.20 Å². The lowest BCUT2D eigenvalue weighted by atomic mass is 9.90. The molecule has 120 valence electrons. The molecule has 0 radical (unpaired) electrons. The fraction of sp³-hybridized carbons (Fsp3) is 0.235. The van der Waals surface area contributed by atoms with Crippen LogP contribution in [0.4, 0.5) is 0 Å². The highest BCUT2D eigenvalue weighted by Gasteiger charge is 2.28. The smallest absolute Gasteiger partial charge is 0.232 e. The van der Waals surface area contributed by atoms with E-state index in [9.17, 15) is 0 Å². The molecule has 0 bridgehead atoms. The van der Waals surface area contributed by atoms with Crippen molar-refractivity contribution in [1.82, 2.24) is 19.6 Å². The van der Waals surface area contributed by atoms with Crippen LogP contribution in [0.1, 0.15) is 12.8 Å². The Balaban J connectivity index is 1.55. The van der Waals surface area contributed by atoms with Crippen LogP contribution in [0.5, 0.6) is 5.88 Å². The first-order valence-corrected chi connectivity index (χ1v) is 7.88. The normalized spacial score (nSPS) is 20.4. The Morgan fingerprint density at radius 2 is 2.12 bits per heavy atom. The molecule has 0 saturated heterocycles. The van der Waals surface area contributed by atoms with Gasteiger partial charge in [0.2, 0.25) is 5.88 Å². The predicted molar refractivity (Wildman–Crippen MR) is 87.6 cm³/mol. The van der Waals surface area contributed by atoms with E-state index in [1.54, 1.807) is 16.9 Å². The molecule has 24 heavy (non-hydrogen) atoms. The van der Waals surface area contributed by atoms with Gasteiger partial charge in [-0.2, -0.15) is 0 Å². The summed E-state index contributed by atoms with van der Waals surface area (Å²) in [4.78, 5) is 8.67. The minimum absolute atomic E-state index is 0.146. The standard InChI is InChI=1S/C17H15N5O2/c18-10-6-11(7-10)23-17-4-3-16-20-9-13(22(16)21-17)15-8-12-14(24-15)2-1-5-19-12/h1-5,8-11H,6-7,18H2/t10-,11-. The highest BCUT2D eigenvalue weighted by molar-refractivity contribution is 5.78. The van der Waals surface area contributed by atoms with Crippen LogP contribution in [-0.4, -0.2) is 31.7 Å². The van der Waals surface area contributed by atoms with Crippen molar-refractivity contribution in [3.05, 3.63) is 42.7 Å². The number of hydrogen-bond acceptors (Lipinski definition) is 6. The maximum absolute atomic E-state index is 5.87. The molecule has 1 aliphatic rings. The summed E-state index contributed by atoms with van der Waals surface area (Å²) >= 11 is 0. The summed E-state index contributed by atoms with van der Waals surface area (Å²) in [7, 11) is 0. The van der Waals surface area contributed by atoms with Crippen LogP contribution in [0.3, 0.4) is 0 Å². The zero-order valence-electron chi connectivity index (χ0n) is 12.8. The molecule has 0 atom stereocenters. The molecule has 5 rings (SSSR count). The molecule has 1 saturated carbocycles. The van der Waals surface area contributed by atoms with E-state index >= 15 is 0 Å². The van der Waals surface area contributed by atoms with Crippen molar-refractivity contribution in [1.29, 1.82) is 0 Å².